The number of rotatable bonds is 5. The highest BCUT2D eigenvalue weighted by Gasteiger charge is 2.20. The van der Waals surface area contributed by atoms with Gasteiger partial charge in [-0.2, -0.15) is 0 Å². The molecule has 0 bridgehead atoms. The normalized spacial score (nSPS) is 16.7. The lowest BCUT2D eigenvalue weighted by Gasteiger charge is -2.17. The van der Waals surface area contributed by atoms with E-state index in [4.69, 9.17) is 0 Å². The summed E-state index contributed by atoms with van der Waals surface area (Å²) in [6.45, 7) is 8.33. The maximum Gasteiger partial charge on any atom is 0.0965 e. The summed E-state index contributed by atoms with van der Waals surface area (Å²) >= 11 is 0. The monoisotopic (exact) mass is 222 g/mol. The topological polar surface area (TPSA) is 42.7 Å². The van der Waals surface area contributed by atoms with Crippen LogP contribution in [-0.4, -0.2) is 21.5 Å². The molecular formula is C12H22N4. The van der Waals surface area contributed by atoms with Gasteiger partial charge in [-0.15, -0.1) is 5.10 Å². The lowest BCUT2D eigenvalue weighted by molar-refractivity contribution is 0.347. The molecular weight excluding hydrogens is 200 g/mol. The molecule has 0 aliphatic heterocycles. The van der Waals surface area contributed by atoms with Crippen molar-refractivity contribution in [3.8, 4) is 0 Å². The van der Waals surface area contributed by atoms with Crippen molar-refractivity contribution in [2.45, 2.75) is 52.1 Å². The summed E-state index contributed by atoms with van der Waals surface area (Å²) in [4.78, 5) is 0. The first-order chi connectivity index (χ1) is 7.55. The summed E-state index contributed by atoms with van der Waals surface area (Å²) < 4.78 is 1.92. The Hall–Kier alpha value is -0.900. The first-order valence-corrected chi connectivity index (χ1v) is 6.18. The van der Waals surface area contributed by atoms with Crippen molar-refractivity contribution in [1.82, 2.24) is 20.3 Å². The van der Waals surface area contributed by atoms with Crippen LogP contribution < -0.4 is 5.32 Å². The van der Waals surface area contributed by atoms with Crippen molar-refractivity contribution in [2.24, 2.45) is 5.92 Å². The fourth-order valence-electron chi connectivity index (χ4n) is 1.64. The van der Waals surface area contributed by atoms with Gasteiger partial charge in [0.25, 0.3) is 0 Å². The van der Waals surface area contributed by atoms with Crippen LogP contribution in [0.3, 0.4) is 0 Å². The van der Waals surface area contributed by atoms with E-state index >= 15 is 0 Å². The molecule has 0 spiro atoms. The van der Waals surface area contributed by atoms with Crippen LogP contribution in [0.25, 0.3) is 0 Å². The molecule has 4 heteroatoms. The van der Waals surface area contributed by atoms with E-state index in [1.807, 2.05) is 10.9 Å². The van der Waals surface area contributed by atoms with E-state index in [-0.39, 0.29) is 5.54 Å². The first kappa shape index (κ1) is 11.6. The number of hydrogen-bond acceptors (Lipinski definition) is 3. The van der Waals surface area contributed by atoms with E-state index in [0.717, 1.165) is 24.7 Å². The highest BCUT2D eigenvalue weighted by atomic mass is 15.4. The number of hydrogen-bond donors (Lipinski definition) is 1. The minimum Gasteiger partial charge on any atom is -0.311 e. The summed E-state index contributed by atoms with van der Waals surface area (Å²) in [7, 11) is 0. The molecule has 0 amide bonds. The zero-order valence-corrected chi connectivity index (χ0v) is 10.5. The van der Waals surface area contributed by atoms with Gasteiger partial charge in [0.2, 0.25) is 0 Å². The quantitative estimate of drug-likeness (QED) is 0.774. The third kappa shape index (κ3) is 3.30. The molecule has 16 heavy (non-hydrogen) atoms. The van der Waals surface area contributed by atoms with Gasteiger partial charge >= 0.3 is 0 Å². The highest BCUT2D eigenvalue weighted by molar-refractivity contribution is 4.94. The molecule has 1 aliphatic rings. The second kappa shape index (κ2) is 4.53. The molecule has 0 radical (unpaired) electrons. The van der Waals surface area contributed by atoms with Crippen LogP contribution >= 0.6 is 0 Å². The largest absolute Gasteiger partial charge is 0.311 e. The second-order valence-corrected chi connectivity index (χ2v) is 5.73. The Morgan fingerprint density at radius 2 is 2.19 bits per heavy atom. The molecule has 0 saturated heterocycles. The third-order valence-electron chi connectivity index (χ3n) is 2.96. The fraction of sp³-hybridized carbons (Fsp3) is 0.833. The van der Waals surface area contributed by atoms with Crippen LogP contribution in [0.1, 0.15) is 45.7 Å². The van der Waals surface area contributed by atoms with Gasteiger partial charge < -0.3 is 5.32 Å². The molecule has 0 unspecified atom stereocenters. The number of aromatic nitrogens is 3. The zero-order chi connectivity index (χ0) is 11.6. The molecule has 0 aromatic carbocycles. The van der Waals surface area contributed by atoms with E-state index < -0.39 is 0 Å². The van der Waals surface area contributed by atoms with Crippen LogP contribution in [0, 0.1) is 5.92 Å². The Bertz CT molecular complexity index is 333. The zero-order valence-electron chi connectivity index (χ0n) is 10.5. The summed E-state index contributed by atoms with van der Waals surface area (Å²) in [6, 6.07) is 0. The molecule has 0 atom stereocenters. The molecule has 4 nitrogen and oxygen atoms in total. The lowest BCUT2D eigenvalue weighted by atomic mass is 10.1. The Kier molecular flexibility index (Phi) is 3.28. The van der Waals surface area contributed by atoms with E-state index in [1.165, 1.54) is 19.3 Å². The van der Waals surface area contributed by atoms with Gasteiger partial charge in [-0.25, -0.2) is 4.68 Å². The SMILES string of the molecule is CC(C)(C)n1cc(CNCCC2CC2)nn1. The predicted octanol–water partition coefficient (Wildman–Crippen LogP) is 1.92. The van der Waals surface area contributed by atoms with Gasteiger partial charge in [-0.05, 0) is 39.7 Å². The molecule has 2 rings (SSSR count). The Morgan fingerprint density at radius 1 is 1.44 bits per heavy atom. The van der Waals surface area contributed by atoms with Gasteiger partial charge in [0.15, 0.2) is 0 Å². The van der Waals surface area contributed by atoms with E-state index in [1.54, 1.807) is 0 Å². The van der Waals surface area contributed by atoms with Crippen molar-refractivity contribution in [1.29, 1.82) is 0 Å². The van der Waals surface area contributed by atoms with Gasteiger partial charge in [-0.1, -0.05) is 18.1 Å². The number of nitrogens with zero attached hydrogens (tertiary/aromatic N) is 3. The summed E-state index contributed by atoms with van der Waals surface area (Å²) in [5, 5.41) is 11.7. The van der Waals surface area contributed by atoms with E-state index in [2.05, 4.69) is 36.4 Å². The Balaban J connectivity index is 1.73. The summed E-state index contributed by atoms with van der Waals surface area (Å²) in [6.07, 6.45) is 6.21. The minimum absolute atomic E-state index is 0.0270. The van der Waals surface area contributed by atoms with Gasteiger partial charge in [0.1, 0.15) is 0 Å². The molecule has 1 aromatic heterocycles. The van der Waals surface area contributed by atoms with Crippen molar-refractivity contribution in [2.75, 3.05) is 6.54 Å². The summed E-state index contributed by atoms with van der Waals surface area (Å²) in [5.41, 5.74) is 1.06. The maximum atomic E-state index is 4.17. The fourth-order valence-corrected chi connectivity index (χ4v) is 1.64. The first-order valence-electron chi connectivity index (χ1n) is 6.18. The van der Waals surface area contributed by atoms with Crippen molar-refractivity contribution in [3.63, 3.8) is 0 Å². The van der Waals surface area contributed by atoms with Crippen LogP contribution in [0.4, 0.5) is 0 Å². The van der Waals surface area contributed by atoms with Crippen molar-refractivity contribution < 1.29 is 0 Å². The minimum atomic E-state index is 0.0270. The molecule has 1 heterocycles. The average Bonchev–Trinajstić information content (AvgIpc) is 2.88. The van der Waals surface area contributed by atoms with Crippen LogP contribution in [0.5, 0.6) is 0 Å². The molecule has 1 fully saturated rings. The van der Waals surface area contributed by atoms with E-state index in [9.17, 15) is 0 Å². The molecule has 1 aromatic rings. The maximum absolute atomic E-state index is 4.17. The Labute approximate surface area is 97.4 Å². The lowest BCUT2D eigenvalue weighted by Crippen LogP contribution is -2.22. The highest BCUT2D eigenvalue weighted by Crippen LogP contribution is 2.31. The van der Waals surface area contributed by atoms with Gasteiger partial charge in [0.05, 0.1) is 17.4 Å². The number of nitrogens with one attached hydrogen (secondary N) is 1. The standard InChI is InChI=1S/C12H22N4/c1-12(2,3)16-9-11(14-15-16)8-13-7-6-10-4-5-10/h9-10,13H,4-8H2,1-3H3. The average molecular weight is 222 g/mol. The molecule has 1 aliphatic carbocycles. The summed E-state index contributed by atoms with van der Waals surface area (Å²) in [5.74, 6) is 0.998. The third-order valence-corrected chi connectivity index (χ3v) is 2.96. The van der Waals surface area contributed by atoms with Crippen LogP contribution in [0.2, 0.25) is 0 Å². The Morgan fingerprint density at radius 3 is 2.75 bits per heavy atom. The smallest absolute Gasteiger partial charge is 0.0965 e. The molecule has 90 valence electrons. The van der Waals surface area contributed by atoms with Crippen molar-refractivity contribution in [3.05, 3.63) is 11.9 Å². The van der Waals surface area contributed by atoms with Crippen LogP contribution in [-0.2, 0) is 12.1 Å². The molecule has 1 N–H and O–H groups in total. The van der Waals surface area contributed by atoms with Crippen LogP contribution in [0.15, 0.2) is 6.20 Å². The predicted molar refractivity (Wildman–Crippen MR) is 64.1 cm³/mol. The van der Waals surface area contributed by atoms with Gasteiger partial charge in [0, 0.05) is 6.54 Å². The molecule has 1 saturated carbocycles. The van der Waals surface area contributed by atoms with Gasteiger partial charge in [-0.3, -0.25) is 0 Å². The second-order valence-electron chi connectivity index (χ2n) is 5.73. The van der Waals surface area contributed by atoms with E-state index in [0.29, 0.717) is 0 Å². The van der Waals surface area contributed by atoms with Crippen molar-refractivity contribution >= 4 is 0 Å².